The van der Waals surface area contributed by atoms with Gasteiger partial charge in [-0.25, -0.2) is 0 Å². The third-order valence-electron chi connectivity index (χ3n) is 2.88. The average Bonchev–Trinajstić information content (AvgIpc) is 2.35. The Bertz CT molecular complexity index is 420. The fraction of sp³-hybridized carbons (Fsp3) is 0.500. The lowest BCUT2D eigenvalue weighted by atomic mass is 9.98. The molecule has 0 amide bonds. The molecule has 1 aromatic carbocycles. The van der Waals surface area contributed by atoms with Crippen molar-refractivity contribution in [3.05, 3.63) is 35.9 Å². The number of nitrogens with zero attached hydrogens (tertiary/aromatic N) is 1. The Hall–Kier alpha value is -1.56. The van der Waals surface area contributed by atoms with E-state index >= 15 is 0 Å². The van der Waals surface area contributed by atoms with Crippen molar-refractivity contribution in [1.82, 2.24) is 4.90 Å². The maximum Gasteiger partial charge on any atom is 0.401 e. The maximum absolute atomic E-state index is 12.5. The van der Waals surface area contributed by atoms with Crippen LogP contribution >= 0.6 is 0 Å². The van der Waals surface area contributed by atoms with E-state index in [0.29, 0.717) is 12.0 Å². The predicted molar refractivity (Wildman–Crippen MR) is 69.6 cm³/mol. The van der Waals surface area contributed by atoms with E-state index < -0.39 is 24.6 Å². The first-order chi connectivity index (χ1) is 9.33. The fourth-order valence-electron chi connectivity index (χ4n) is 2.07. The van der Waals surface area contributed by atoms with E-state index in [1.54, 1.807) is 37.3 Å². The van der Waals surface area contributed by atoms with E-state index in [2.05, 4.69) is 0 Å². The molecule has 0 aliphatic heterocycles. The van der Waals surface area contributed by atoms with Crippen molar-refractivity contribution in [2.24, 2.45) is 0 Å². The van der Waals surface area contributed by atoms with Crippen LogP contribution < -0.4 is 0 Å². The maximum atomic E-state index is 12.5. The summed E-state index contributed by atoms with van der Waals surface area (Å²) in [5, 5.41) is 9.23. The molecule has 112 valence electrons. The van der Waals surface area contributed by atoms with Gasteiger partial charge in [0.1, 0.15) is 0 Å². The highest BCUT2D eigenvalue weighted by molar-refractivity contribution is 5.76. The molecule has 1 aromatic rings. The van der Waals surface area contributed by atoms with E-state index in [-0.39, 0.29) is 13.1 Å². The smallest absolute Gasteiger partial charge is 0.401 e. The SMILES string of the molecule is CCCN(CC(C(=O)O)c1ccccc1)CC(F)(F)F. The molecule has 1 N–H and O–H groups in total. The molecule has 1 rings (SSSR count). The first kappa shape index (κ1) is 16.5. The van der Waals surface area contributed by atoms with Crippen molar-refractivity contribution >= 4 is 5.97 Å². The highest BCUT2D eigenvalue weighted by atomic mass is 19.4. The van der Waals surface area contributed by atoms with Gasteiger partial charge in [0.05, 0.1) is 12.5 Å². The summed E-state index contributed by atoms with van der Waals surface area (Å²) in [5.41, 5.74) is 0.517. The Balaban J connectivity index is 2.84. The van der Waals surface area contributed by atoms with Crippen LogP contribution in [0, 0.1) is 0 Å². The van der Waals surface area contributed by atoms with E-state index in [1.165, 1.54) is 0 Å². The molecule has 0 aromatic heterocycles. The molecule has 1 atom stereocenters. The van der Waals surface area contributed by atoms with Crippen molar-refractivity contribution in [3.8, 4) is 0 Å². The average molecular weight is 289 g/mol. The number of hydrogen-bond acceptors (Lipinski definition) is 2. The van der Waals surface area contributed by atoms with Gasteiger partial charge in [0.25, 0.3) is 0 Å². The van der Waals surface area contributed by atoms with Gasteiger partial charge >= 0.3 is 12.1 Å². The minimum Gasteiger partial charge on any atom is -0.481 e. The quantitative estimate of drug-likeness (QED) is 0.838. The van der Waals surface area contributed by atoms with Crippen molar-refractivity contribution in [2.75, 3.05) is 19.6 Å². The van der Waals surface area contributed by atoms with E-state index in [1.807, 2.05) is 0 Å². The van der Waals surface area contributed by atoms with Crippen LogP contribution in [-0.4, -0.2) is 41.8 Å². The van der Waals surface area contributed by atoms with E-state index in [4.69, 9.17) is 0 Å². The lowest BCUT2D eigenvalue weighted by Crippen LogP contribution is -2.39. The molecule has 0 saturated carbocycles. The minimum atomic E-state index is -4.32. The Morgan fingerprint density at radius 2 is 1.90 bits per heavy atom. The Morgan fingerprint density at radius 1 is 1.30 bits per heavy atom. The fourth-order valence-corrected chi connectivity index (χ4v) is 2.07. The number of halogens is 3. The molecule has 1 unspecified atom stereocenters. The lowest BCUT2D eigenvalue weighted by molar-refractivity contribution is -0.151. The third kappa shape index (κ3) is 5.61. The topological polar surface area (TPSA) is 40.5 Å². The molecular formula is C14H18F3NO2. The van der Waals surface area contributed by atoms with Crippen LogP contribution in [0.25, 0.3) is 0 Å². The van der Waals surface area contributed by atoms with Crippen LogP contribution in [0.15, 0.2) is 30.3 Å². The van der Waals surface area contributed by atoms with Gasteiger partial charge in [-0.3, -0.25) is 9.69 Å². The highest BCUT2D eigenvalue weighted by Gasteiger charge is 2.32. The summed E-state index contributed by atoms with van der Waals surface area (Å²) in [7, 11) is 0. The first-order valence-corrected chi connectivity index (χ1v) is 6.40. The van der Waals surface area contributed by atoms with Crippen molar-refractivity contribution in [1.29, 1.82) is 0 Å². The van der Waals surface area contributed by atoms with E-state index in [0.717, 1.165) is 4.90 Å². The summed E-state index contributed by atoms with van der Waals surface area (Å²) in [6, 6.07) is 8.34. The van der Waals surface area contributed by atoms with Gasteiger partial charge in [-0.1, -0.05) is 37.3 Å². The van der Waals surface area contributed by atoms with Crippen LogP contribution in [0.1, 0.15) is 24.8 Å². The molecule has 20 heavy (non-hydrogen) atoms. The third-order valence-corrected chi connectivity index (χ3v) is 2.88. The molecule has 0 aliphatic carbocycles. The van der Waals surface area contributed by atoms with E-state index in [9.17, 15) is 23.1 Å². The van der Waals surface area contributed by atoms with Crippen LogP contribution in [-0.2, 0) is 4.79 Å². The molecule has 0 fully saturated rings. The monoisotopic (exact) mass is 289 g/mol. The predicted octanol–water partition coefficient (Wildman–Crippen LogP) is 3.13. The second-order valence-corrected chi connectivity index (χ2v) is 4.65. The zero-order valence-corrected chi connectivity index (χ0v) is 11.2. The molecule has 0 spiro atoms. The van der Waals surface area contributed by atoms with Crippen LogP contribution in [0.4, 0.5) is 13.2 Å². The Kier molecular flexibility index (Phi) is 6.01. The number of carbonyl (C=O) groups is 1. The molecule has 0 heterocycles. The summed E-state index contributed by atoms with van der Waals surface area (Å²) in [6.45, 7) is 0.752. The number of alkyl halides is 3. The molecule has 0 radical (unpaired) electrons. The summed E-state index contributed by atoms with van der Waals surface area (Å²) in [6.07, 6.45) is -3.79. The number of benzene rings is 1. The number of carboxylic acids is 1. The minimum absolute atomic E-state index is 0.146. The summed E-state index contributed by atoms with van der Waals surface area (Å²) in [4.78, 5) is 12.4. The van der Waals surface area contributed by atoms with Gasteiger partial charge in [-0.15, -0.1) is 0 Å². The molecular weight excluding hydrogens is 271 g/mol. The first-order valence-electron chi connectivity index (χ1n) is 6.40. The largest absolute Gasteiger partial charge is 0.481 e. The summed E-state index contributed by atoms with van der Waals surface area (Å²) >= 11 is 0. The molecule has 0 aliphatic rings. The normalized spacial score (nSPS) is 13.4. The number of carboxylic acid groups (broad SMARTS) is 1. The van der Waals surface area contributed by atoms with Crippen molar-refractivity contribution in [2.45, 2.75) is 25.4 Å². The highest BCUT2D eigenvalue weighted by Crippen LogP contribution is 2.21. The van der Waals surface area contributed by atoms with Gasteiger partial charge in [-0.05, 0) is 18.5 Å². The summed E-state index contributed by atoms with van der Waals surface area (Å²) in [5.74, 6) is -2.07. The molecule has 0 bridgehead atoms. The molecule has 3 nitrogen and oxygen atoms in total. The second kappa shape index (κ2) is 7.28. The van der Waals surface area contributed by atoms with Gasteiger partial charge in [0.15, 0.2) is 0 Å². The van der Waals surface area contributed by atoms with Gasteiger partial charge in [-0.2, -0.15) is 13.2 Å². The van der Waals surface area contributed by atoms with Crippen LogP contribution in [0.2, 0.25) is 0 Å². The van der Waals surface area contributed by atoms with Gasteiger partial charge in [0, 0.05) is 6.54 Å². The number of rotatable bonds is 7. The number of hydrogen-bond donors (Lipinski definition) is 1. The zero-order chi connectivity index (χ0) is 15.2. The van der Waals surface area contributed by atoms with Crippen LogP contribution in [0.3, 0.4) is 0 Å². The standard InChI is InChI=1S/C14H18F3NO2/c1-2-8-18(10-14(15,16)17)9-12(13(19)20)11-6-4-3-5-7-11/h3-7,12H,2,8-10H2,1H3,(H,19,20). The molecule has 6 heteroatoms. The Morgan fingerprint density at radius 3 is 2.35 bits per heavy atom. The molecule has 0 saturated heterocycles. The van der Waals surface area contributed by atoms with Crippen molar-refractivity contribution in [3.63, 3.8) is 0 Å². The number of aliphatic carboxylic acids is 1. The van der Waals surface area contributed by atoms with Crippen LogP contribution in [0.5, 0.6) is 0 Å². The second-order valence-electron chi connectivity index (χ2n) is 4.65. The van der Waals surface area contributed by atoms with Gasteiger partial charge in [0.2, 0.25) is 0 Å². The lowest BCUT2D eigenvalue weighted by Gasteiger charge is -2.26. The zero-order valence-electron chi connectivity index (χ0n) is 11.2. The Labute approximate surface area is 116 Å². The van der Waals surface area contributed by atoms with Crippen molar-refractivity contribution < 1.29 is 23.1 Å². The summed E-state index contributed by atoms with van der Waals surface area (Å²) < 4.78 is 37.5. The van der Waals surface area contributed by atoms with Gasteiger partial charge < -0.3 is 5.11 Å².